The summed E-state index contributed by atoms with van der Waals surface area (Å²) in [4.78, 5) is 16.4. The molecular formula is C17H16F3N5. The Balaban J connectivity index is 1.73. The second-order valence-corrected chi connectivity index (χ2v) is 6.07. The van der Waals surface area contributed by atoms with Crippen molar-refractivity contribution >= 4 is 12.0 Å². The zero-order chi connectivity index (χ0) is 17.4. The molecule has 2 aliphatic heterocycles. The van der Waals surface area contributed by atoms with Crippen molar-refractivity contribution in [2.75, 3.05) is 18.0 Å². The highest BCUT2D eigenvalue weighted by molar-refractivity contribution is 5.88. The summed E-state index contributed by atoms with van der Waals surface area (Å²) >= 11 is 0. The molecule has 0 radical (unpaired) electrons. The molecule has 0 spiro atoms. The molecule has 130 valence electrons. The molecule has 1 atom stereocenters. The van der Waals surface area contributed by atoms with Crippen LogP contribution in [0.15, 0.2) is 41.7 Å². The summed E-state index contributed by atoms with van der Waals surface area (Å²) in [7, 11) is 0. The first-order chi connectivity index (χ1) is 12.0. The fourth-order valence-corrected chi connectivity index (χ4v) is 3.11. The number of alkyl halides is 3. The van der Waals surface area contributed by atoms with E-state index >= 15 is 0 Å². The number of aliphatic imine (C=N–C) groups is 1. The van der Waals surface area contributed by atoms with E-state index < -0.39 is 11.9 Å². The first kappa shape index (κ1) is 16.0. The summed E-state index contributed by atoms with van der Waals surface area (Å²) in [5, 5.41) is 0. The lowest BCUT2D eigenvalue weighted by Gasteiger charge is -2.44. The van der Waals surface area contributed by atoms with Crippen molar-refractivity contribution in [2.24, 2.45) is 4.99 Å². The zero-order valence-corrected chi connectivity index (χ0v) is 13.3. The zero-order valence-electron chi connectivity index (χ0n) is 13.3. The number of aromatic nitrogens is 2. The Hall–Kier alpha value is -2.48. The van der Waals surface area contributed by atoms with E-state index in [1.165, 1.54) is 18.3 Å². The molecule has 0 aliphatic carbocycles. The van der Waals surface area contributed by atoms with E-state index in [1.54, 1.807) is 18.5 Å². The van der Waals surface area contributed by atoms with Crippen LogP contribution >= 0.6 is 0 Å². The second-order valence-electron chi connectivity index (χ2n) is 6.07. The van der Waals surface area contributed by atoms with E-state index in [4.69, 9.17) is 0 Å². The highest BCUT2D eigenvalue weighted by atomic mass is 19.4. The van der Waals surface area contributed by atoms with Crippen LogP contribution in [-0.4, -0.2) is 40.5 Å². The minimum absolute atomic E-state index is 0.0468. The van der Waals surface area contributed by atoms with Gasteiger partial charge in [0, 0.05) is 49.4 Å². The van der Waals surface area contributed by atoms with Gasteiger partial charge >= 0.3 is 6.18 Å². The predicted molar refractivity (Wildman–Crippen MR) is 87.2 cm³/mol. The van der Waals surface area contributed by atoms with Gasteiger partial charge in [-0.3, -0.25) is 14.9 Å². The lowest BCUT2D eigenvalue weighted by atomic mass is 10.1. The Bertz CT molecular complexity index is 801. The molecule has 5 nitrogen and oxygen atoms in total. The highest BCUT2D eigenvalue weighted by Gasteiger charge is 2.38. The Kier molecular flexibility index (Phi) is 3.91. The molecule has 2 aromatic heterocycles. The standard InChI is InChI=1S/C17H16F3N5/c18-17(19,20)14-13(5-2-6-21-14)11-25-15-12(4-1-7-22-15)10-23-16(25)24-8-3-9-24/h1-2,4-7,10,16H,3,8-9,11H2. The molecular weight excluding hydrogens is 331 g/mol. The van der Waals surface area contributed by atoms with Gasteiger partial charge in [-0.05, 0) is 24.6 Å². The Morgan fingerprint density at radius 2 is 1.84 bits per heavy atom. The first-order valence-electron chi connectivity index (χ1n) is 8.04. The monoisotopic (exact) mass is 347 g/mol. The van der Waals surface area contributed by atoms with Crippen LogP contribution in [0, 0.1) is 0 Å². The predicted octanol–water partition coefficient (Wildman–Crippen LogP) is 2.92. The van der Waals surface area contributed by atoms with Crippen LogP contribution in [0.5, 0.6) is 0 Å². The van der Waals surface area contributed by atoms with E-state index in [0.717, 1.165) is 25.1 Å². The van der Waals surface area contributed by atoms with E-state index in [-0.39, 0.29) is 18.4 Å². The maximum atomic E-state index is 13.3. The molecule has 4 rings (SSSR count). The topological polar surface area (TPSA) is 44.6 Å². The fourth-order valence-electron chi connectivity index (χ4n) is 3.11. The molecule has 25 heavy (non-hydrogen) atoms. The van der Waals surface area contributed by atoms with Gasteiger partial charge in [-0.25, -0.2) is 4.98 Å². The number of anilines is 1. The summed E-state index contributed by atoms with van der Waals surface area (Å²) in [5.74, 6) is 0.645. The van der Waals surface area contributed by atoms with Crippen molar-refractivity contribution < 1.29 is 13.2 Å². The van der Waals surface area contributed by atoms with Gasteiger partial charge in [0.2, 0.25) is 0 Å². The molecule has 2 aromatic rings. The maximum Gasteiger partial charge on any atom is 0.433 e. The summed E-state index contributed by atoms with van der Waals surface area (Å²) in [5.41, 5.74) is 0.0651. The van der Waals surface area contributed by atoms with Gasteiger partial charge in [-0.1, -0.05) is 6.07 Å². The molecule has 8 heteroatoms. The van der Waals surface area contributed by atoms with Crippen LogP contribution < -0.4 is 4.90 Å². The summed E-state index contributed by atoms with van der Waals surface area (Å²) in [6.45, 7) is 1.80. The van der Waals surface area contributed by atoms with Crippen LogP contribution in [0.3, 0.4) is 0 Å². The molecule has 0 aromatic carbocycles. The molecule has 1 saturated heterocycles. The number of rotatable bonds is 3. The van der Waals surface area contributed by atoms with E-state index in [1.807, 2.05) is 11.0 Å². The van der Waals surface area contributed by atoms with Crippen molar-refractivity contribution in [2.45, 2.75) is 25.4 Å². The lowest BCUT2D eigenvalue weighted by Crippen LogP contribution is -2.54. The van der Waals surface area contributed by atoms with Crippen LogP contribution in [0.4, 0.5) is 19.0 Å². The summed E-state index contributed by atoms with van der Waals surface area (Å²) in [6.07, 6.45) is 0.795. The highest BCUT2D eigenvalue weighted by Crippen LogP contribution is 2.34. The molecule has 2 aliphatic rings. The largest absolute Gasteiger partial charge is 0.433 e. The minimum atomic E-state index is -4.49. The molecule has 0 N–H and O–H groups in total. The maximum absolute atomic E-state index is 13.3. The first-order valence-corrected chi connectivity index (χ1v) is 8.04. The van der Waals surface area contributed by atoms with Crippen LogP contribution in [-0.2, 0) is 12.7 Å². The Morgan fingerprint density at radius 3 is 2.56 bits per heavy atom. The third-order valence-electron chi connectivity index (χ3n) is 4.43. The molecule has 1 fully saturated rings. The molecule has 1 unspecified atom stereocenters. The van der Waals surface area contributed by atoms with Crippen LogP contribution in [0.1, 0.15) is 23.2 Å². The summed E-state index contributed by atoms with van der Waals surface area (Å²) < 4.78 is 39.9. The van der Waals surface area contributed by atoms with Crippen molar-refractivity contribution in [3.8, 4) is 0 Å². The average molecular weight is 347 g/mol. The Morgan fingerprint density at radius 1 is 1.08 bits per heavy atom. The van der Waals surface area contributed by atoms with Crippen molar-refractivity contribution in [3.05, 3.63) is 53.5 Å². The van der Waals surface area contributed by atoms with Gasteiger partial charge in [0.1, 0.15) is 11.5 Å². The third kappa shape index (κ3) is 2.97. The van der Waals surface area contributed by atoms with E-state index in [2.05, 4.69) is 19.9 Å². The van der Waals surface area contributed by atoms with Gasteiger partial charge in [0.15, 0.2) is 6.29 Å². The van der Waals surface area contributed by atoms with E-state index in [9.17, 15) is 13.2 Å². The van der Waals surface area contributed by atoms with Gasteiger partial charge in [-0.15, -0.1) is 0 Å². The van der Waals surface area contributed by atoms with Gasteiger partial charge < -0.3 is 4.90 Å². The molecule has 0 amide bonds. The number of hydrogen-bond acceptors (Lipinski definition) is 5. The number of likely N-dealkylation sites (tertiary alicyclic amines) is 1. The van der Waals surface area contributed by atoms with E-state index in [0.29, 0.717) is 5.82 Å². The number of pyridine rings is 2. The number of nitrogens with zero attached hydrogens (tertiary/aromatic N) is 5. The van der Waals surface area contributed by atoms with Crippen molar-refractivity contribution in [1.82, 2.24) is 14.9 Å². The number of fused-ring (bicyclic) bond motifs is 1. The average Bonchev–Trinajstić information content (AvgIpc) is 2.55. The Labute approximate surface area is 142 Å². The quantitative estimate of drug-likeness (QED) is 0.856. The second kappa shape index (κ2) is 6.11. The van der Waals surface area contributed by atoms with Crippen LogP contribution in [0.25, 0.3) is 0 Å². The smallest absolute Gasteiger partial charge is 0.317 e. The van der Waals surface area contributed by atoms with Crippen molar-refractivity contribution in [1.29, 1.82) is 0 Å². The SMILES string of the molecule is FC(F)(F)c1ncccc1CN1c2ncccc2C=NC1N1CCC1. The molecule has 0 saturated carbocycles. The van der Waals surface area contributed by atoms with Gasteiger partial charge in [0.05, 0.1) is 0 Å². The summed E-state index contributed by atoms with van der Waals surface area (Å²) in [6, 6.07) is 6.64. The normalized spacial score (nSPS) is 20.3. The van der Waals surface area contributed by atoms with Crippen LogP contribution in [0.2, 0.25) is 0 Å². The van der Waals surface area contributed by atoms with Crippen molar-refractivity contribution in [3.63, 3.8) is 0 Å². The fraction of sp³-hybridized carbons (Fsp3) is 0.353. The van der Waals surface area contributed by atoms with Gasteiger partial charge in [0.25, 0.3) is 0 Å². The molecule has 0 bridgehead atoms. The lowest BCUT2D eigenvalue weighted by molar-refractivity contribution is -0.141. The minimum Gasteiger partial charge on any atom is -0.317 e. The van der Waals surface area contributed by atoms with Gasteiger partial charge in [-0.2, -0.15) is 13.2 Å². The number of halogens is 3. The third-order valence-corrected chi connectivity index (χ3v) is 4.43. The molecule has 4 heterocycles. The number of hydrogen-bond donors (Lipinski definition) is 0.